The molecule has 1 rings (SSSR count). The Balaban J connectivity index is 2.65. The van der Waals surface area contributed by atoms with E-state index in [9.17, 15) is 8.42 Å². The van der Waals surface area contributed by atoms with Crippen molar-refractivity contribution in [2.24, 2.45) is 10.6 Å². The first-order chi connectivity index (χ1) is 7.70. The number of ether oxygens (including phenoxy) is 1. The summed E-state index contributed by atoms with van der Waals surface area (Å²) in [6.07, 6.45) is 1.68. The van der Waals surface area contributed by atoms with Crippen LogP contribution < -0.4 is 9.88 Å². The molecule has 0 aliphatic heterocycles. The van der Waals surface area contributed by atoms with Gasteiger partial charge >= 0.3 is 0 Å². The van der Waals surface area contributed by atoms with Crippen LogP contribution in [0, 0.1) is 12.3 Å². The first kappa shape index (κ1) is 13.9. The van der Waals surface area contributed by atoms with E-state index < -0.39 is 15.4 Å². The van der Waals surface area contributed by atoms with Gasteiger partial charge in [-0.2, -0.15) is 0 Å². The van der Waals surface area contributed by atoms with E-state index in [-0.39, 0.29) is 12.4 Å². The highest BCUT2D eigenvalue weighted by Gasteiger charge is 2.25. The fourth-order valence-corrected chi connectivity index (χ4v) is 2.65. The van der Waals surface area contributed by atoms with Gasteiger partial charge in [-0.15, -0.1) is 0 Å². The van der Waals surface area contributed by atoms with Crippen LogP contribution in [0.3, 0.4) is 0 Å². The smallest absolute Gasteiger partial charge is 0.209 e. The van der Waals surface area contributed by atoms with Crippen LogP contribution in [0.5, 0.6) is 5.75 Å². The van der Waals surface area contributed by atoms with Gasteiger partial charge in [0, 0.05) is 11.6 Å². The van der Waals surface area contributed by atoms with Gasteiger partial charge in [-0.25, -0.2) is 13.6 Å². The third-order valence-electron chi connectivity index (χ3n) is 2.17. The molecule has 0 unspecified atom stereocenters. The van der Waals surface area contributed by atoms with Crippen LogP contribution in [-0.2, 0) is 10.0 Å². The van der Waals surface area contributed by atoms with Gasteiger partial charge < -0.3 is 4.74 Å². The second-order valence-corrected chi connectivity index (χ2v) is 6.46. The van der Waals surface area contributed by atoms with Crippen LogP contribution in [-0.4, -0.2) is 25.8 Å². The Morgan fingerprint density at radius 3 is 2.65 bits per heavy atom. The highest BCUT2D eigenvalue weighted by atomic mass is 32.2. The van der Waals surface area contributed by atoms with E-state index in [0.29, 0.717) is 5.75 Å². The second kappa shape index (κ2) is 5.01. The molecule has 0 atom stereocenters. The highest BCUT2D eigenvalue weighted by Crippen LogP contribution is 2.21. The average molecular weight is 258 g/mol. The van der Waals surface area contributed by atoms with Crippen LogP contribution in [0.15, 0.2) is 18.3 Å². The molecule has 0 aromatic carbocycles. The van der Waals surface area contributed by atoms with Crippen molar-refractivity contribution in [2.75, 3.05) is 12.4 Å². The summed E-state index contributed by atoms with van der Waals surface area (Å²) in [5, 5.41) is 5.02. The van der Waals surface area contributed by atoms with Crippen molar-refractivity contribution in [3.05, 3.63) is 24.0 Å². The summed E-state index contributed by atoms with van der Waals surface area (Å²) in [5.74, 6) is 0.550. The number of hydrogen-bond acceptors (Lipinski definition) is 4. The van der Waals surface area contributed by atoms with Crippen molar-refractivity contribution in [3.8, 4) is 5.75 Å². The van der Waals surface area contributed by atoms with Gasteiger partial charge in [0.2, 0.25) is 10.0 Å². The monoisotopic (exact) mass is 258 g/mol. The maximum atomic E-state index is 11.0. The molecule has 0 radical (unpaired) electrons. The second-order valence-electron chi connectivity index (χ2n) is 4.85. The third kappa shape index (κ3) is 5.14. The number of sulfonamides is 1. The number of pyridine rings is 1. The molecule has 5 nitrogen and oxygen atoms in total. The number of primary sulfonamides is 1. The molecule has 96 valence electrons. The Morgan fingerprint density at radius 1 is 1.47 bits per heavy atom. The number of hydrogen-bond donors (Lipinski definition) is 1. The lowest BCUT2D eigenvalue weighted by Crippen LogP contribution is -2.33. The number of rotatable bonds is 5. The minimum Gasteiger partial charge on any atom is -0.491 e. The van der Waals surface area contributed by atoms with Gasteiger partial charge in [-0.05, 0) is 19.1 Å². The molecule has 0 fully saturated rings. The van der Waals surface area contributed by atoms with E-state index in [1.165, 1.54) is 0 Å². The van der Waals surface area contributed by atoms with Gasteiger partial charge in [0.15, 0.2) is 0 Å². The lowest BCUT2D eigenvalue weighted by atomic mass is 9.98. The number of nitrogens with two attached hydrogens (primary N) is 1. The molecule has 0 saturated heterocycles. The largest absolute Gasteiger partial charge is 0.491 e. The minimum atomic E-state index is -3.49. The van der Waals surface area contributed by atoms with Crippen molar-refractivity contribution >= 4 is 10.0 Å². The first-order valence-corrected chi connectivity index (χ1v) is 6.96. The average Bonchev–Trinajstić information content (AvgIpc) is 2.13. The van der Waals surface area contributed by atoms with E-state index in [1.807, 2.05) is 6.92 Å². The fraction of sp³-hybridized carbons (Fsp3) is 0.545. The maximum absolute atomic E-state index is 11.0. The molecule has 1 aromatic heterocycles. The lowest BCUT2D eigenvalue weighted by molar-refractivity contribution is 0.198. The van der Waals surface area contributed by atoms with Crippen LogP contribution >= 0.6 is 0 Å². The topological polar surface area (TPSA) is 82.3 Å². The number of aryl methyl sites for hydroxylation is 1. The van der Waals surface area contributed by atoms with Crippen molar-refractivity contribution in [1.29, 1.82) is 0 Å². The minimum absolute atomic E-state index is 0.112. The molecule has 0 saturated carbocycles. The summed E-state index contributed by atoms with van der Waals surface area (Å²) >= 11 is 0. The summed E-state index contributed by atoms with van der Waals surface area (Å²) < 4.78 is 27.6. The van der Waals surface area contributed by atoms with E-state index >= 15 is 0 Å². The quantitative estimate of drug-likeness (QED) is 0.856. The number of aromatic nitrogens is 1. The van der Waals surface area contributed by atoms with E-state index in [2.05, 4.69) is 4.98 Å². The summed E-state index contributed by atoms with van der Waals surface area (Å²) in [4.78, 5) is 4.09. The van der Waals surface area contributed by atoms with E-state index in [1.54, 1.807) is 32.2 Å². The van der Waals surface area contributed by atoms with Crippen molar-refractivity contribution in [3.63, 3.8) is 0 Å². The molecule has 1 aromatic rings. The van der Waals surface area contributed by atoms with Gasteiger partial charge in [0.05, 0.1) is 18.1 Å². The molecule has 0 amide bonds. The summed E-state index contributed by atoms with van der Waals surface area (Å²) in [7, 11) is -3.49. The lowest BCUT2D eigenvalue weighted by Gasteiger charge is -2.23. The number of nitrogens with zero attached hydrogens (tertiary/aromatic N) is 1. The van der Waals surface area contributed by atoms with Crippen LogP contribution in [0.2, 0.25) is 0 Å². The molecule has 0 spiro atoms. The Labute approximate surface area is 102 Å². The first-order valence-electron chi connectivity index (χ1n) is 5.24. The molecule has 17 heavy (non-hydrogen) atoms. The van der Waals surface area contributed by atoms with Crippen LogP contribution in [0.25, 0.3) is 0 Å². The predicted octanol–water partition coefficient (Wildman–Crippen LogP) is 1.08. The predicted molar refractivity (Wildman–Crippen MR) is 66.2 cm³/mol. The molecule has 2 N–H and O–H groups in total. The zero-order valence-corrected chi connectivity index (χ0v) is 11.1. The Bertz CT molecular complexity index is 483. The molecule has 0 aliphatic carbocycles. The fourth-order valence-electron chi connectivity index (χ4n) is 1.48. The molecule has 1 heterocycles. The summed E-state index contributed by atoms with van der Waals surface area (Å²) in [5.41, 5.74) is 0.245. The maximum Gasteiger partial charge on any atom is 0.209 e. The van der Waals surface area contributed by atoms with E-state index in [4.69, 9.17) is 9.88 Å². The zero-order chi connectivity index (χ0) is 13.1. The van der Waals surface area contributed by atoms with Crippen molar-refractivity contribution in [2.45, 2.75) is 20.8 Å². The Hall–Kier alpha value is -1.14. The Kier molecular flexibility index (Phi) is 4.11. The SMILES string of the molecule is Cc1ncccc1OCC(C)(C)CS(N)(=O)=O. The van der Waals surface area contributed by atoms with Gasteiger partial charge in [0.1, 0.15) is 5.75 Å². The zero-order valence-electron chi connectivity index (χ0n) is 10.3. The van der Waals surface area contributed by atoms with Crippen molar-refractivity contribution < 1.29 is 13.2 Å². The molecular formula is C11H18N2O3S. The van der Waals surface area contributed by atoms with Gasteiger partial charge in [-0.1, -0.05) is 13.8 Å². The summed E-state index contributed by atoms with van der Waals surface area (Å²) in [6.45, 7) is 5.70. The highest BCUT2D eigenvalue weighted by molar-refractivity contribution is 7.89. The summed E-state index contributed by atoms with van der Waals surface area (Å²) in [6, 6.07) is 3.57. The van der Waals surface area contributed by atoms with Crippen LogP contribution in [0.4, 0.5) is 0 Å². The third-order valence-corrected chi connectivity index (χ3v) is 3.35. The molecule has 6 heteroatoms. The standard InChI is InChI=1S/C11H18N2O3S/c1-9-10(5-4-6-13-9)16-7-11(2,3)8-17(12,14)15/h4-6H,7-8H2,1-3H3,(H2,12,14,15). The Morgan fingerprint density at radius 2 is 2.12 bits per heavy atom. The molecular weight excluding hydrogens is 240 g/mol. The van der Waals surface area contributed by atoms with Crippen LogP contribution in [0.1, 0.15) is 19.5 Å². The van der Waals surface area contributed by atoms with Gasteiger partial charge in [-0.3, -0.25) is 4.98 Å². The van der Waals surface area contributed by atoms with Crippen molar-refractivity contribution in [1.82, 2.24) is 4.98 Å². The molecule has 0 aliphatic rings. The van der Waals surface area contributed by atoms with E-state index in [0.717, 1.165) is 5.69 Å². The molecule has 0 bridgehead atoms. The normalized spacial score (nSPS) is 12.5. The van der Waals surface area contributed by atoms with Gasteiger partial charge in [0.25, 0.3) is 0 Å².